The van der Waals surface area contributed by atoms with Gasteiger partial charge in [-0.25, -0.2) is 0 Å². The Bertz CT molecular complexity index is 500. The summed E-state index contributed by atoms with van der Waals surface area (Å²) in [6, 6.07) is 7.10. The summed E-state index contributed by atoms with van der Waals surface area (Å²) >= 11 is 0. The second-order valence-corrected chi connectivity index (χ2v) is 5.60. The quantitative estimate of drug-likeness (QED) is 0.829. The highest BCUT2D eigenvalue weighted by Gasteiger charge is 2.60. The van der Waals surface area contributed by atoms with Crippen LogP contribution in [0.15, 0.2) is 24.3 Å². The molecule has 1 N–H and O–H groups in total. The molecule has 3 heteroatoms. The van der Waals surface area contributed by atoms with Gasteiger partial charge in [-0.1, -0.05) is 6.42 Å². The van der Waals surface area contributed by atoms with E-state index in [2.05, 4.69) is 5.32 Å². The summed E-state index contributed by atoms with van der Waals surface area (Å²) in [6.07, 6.45) is 4.77. The number of carbonyl (C=O) groups is 2. The molecule has 18 heavy (non-hydrogen) atoms. The van der Waals surface area contributed by atoms with Gasteiger partial charge in [-0.2, -0.15) is 0 Å². The predicted octanol–water partition coefficient (Wildman–Crippen LogP) is 3.02. The highest BCUT2D eigenvalue weighted by molar-refractivity contribution is 5.97. The van der Waals surface area contributed by atoms with Crippen LogP contribution in [0.2, 0.25) is 0 Å². The molecule has 0 aliphatic heterocycles. The SMILES string of the molecule is CC(=O)c1ccc(NC(=O)C2CC23CCC3)cc1. The van der Waals surface area contributed by atoms with Crippen LogP contribution in [0.5, 0.6) is 0 Å². The Morgan fingerprint density at radius 3 is 2.33 bits per heavy atom. The highest BCUT2D eigenvalue weighted by Crippen LogP contribution is 2.65. The second-order valence-electron chi connectivity index (χ2n) is 5.60. The monoisotopic (exact) mass is 243 g/mol. The number of benzene rings is 1. The van der Waals surface area contributed by atoms with Crippen LogP contribution in [-0.4, -0.2) is 11.7 Å². The lowest BCUT2D eigenvalue weighted by atomic mass is 9.79. The molecule has 1 amide bonds. The van der Waals surface area contributed by atoms with Crippen LogP contribution in [0.4, 0.5) is 5.69 Å². The standard InChI is InChI=1S/C15H17NO2/c1-10(17)11-3-5-12(6-4-11)16-14(18)13-9-15(13)7-2-8-15/h3-6,13H,2,7-9H2,1H3,(H,16,18). The van der Waals surface area contributed by atoms with Crippen molar-refractivity contribution in [3.8, 4) is 0 Å². The van der Waals surface area contributed by atoms with Crippen LogP contribution in [0, 0.1) is 11.3 Å². The van der Waals surface area contributed by atoms with E-state index in [9.17, 15) is 9.59 Å². The number of carbonyl (C=O) groups excluding carboxylic acids is 2. The van der Waals surface area contributed by atoms with Gasteiger partial charge in [0.1, 0.15) is 0 Å². The Morgan fingerprint density at radius 2 is 1.89 bits per heavy atom. The lowest BCUT2D eigenvalue weighted by Crippen LogP contribution is -2.23. The van der Waals surface area contributed by atoms with Gasteiger partial charge < -0.3 is 5.32 Å². The van der Waals surface area contributed by atoms with Crippen LogP contribution in [0.25, 0.3) is 0 Å². The van der Waals surface area contributed by atoms with Gasteiger partial charge in [-0.05, 0) is 55.9 Å². The third kappa shape index (κ3) is 1.84. The van der Waals surface area contributed by atoms with Crippen LogP contribution in [0.1, 0.15) is 43.0 Å². The largest absolute Gasteiger partial charge is 0.326 e. The van der Waals surface area contributed by atoms with Crippen LogP contribution in [0.3, 0.4) is 0 Å². The molecule has 3 nitrogen and oxygen atoms in total. The molecule has 0 heterocycles. The molecule has 0 radical (unpaired) electrons. The maximum absolute atomic E-state index is 12.0. The van der Waals surface area contributed by atoms with Crippen LogP contribution < -0.4 is 5.32 Å². The van der Waals surface area contributed by atoms with Crippen molar-refractivity contribution in [2.45, 2.75) is 32.6 Å². The highest BCUT2D eigenvalue weighted by atomic mass is 16.2. The van der Waals surface area contributed by atoms with Crippen LogP contribution >= 0.6 is 0 Å². The summed E-state index contributed by atoms with van der Waals surface area (Å²) < 4.78 is 0. The summed E-state index contributed by atoms with van der Waals surface area (Å²) in [4.78, 5) is 23.2. The smallest absolute Gasteiger partial charge is 0.228 e. The Hall–Kier alpha value is -1.64. The second kappa shape index (κ2) is 3.94. The van der Waals surface area contributed by atoms with Gasteiger partial charge in [0, 0.05) is 17.2 Å². The first kappa shape index (κ1) is 11.5. The van der Waals surface area contributed by atoms with E-state index in [-0.39, 0.29) is 17.6 Å². The van der Waals surface area contributed by atoms with Crippen molar-refractivity contribution in [1.82, 2.24) is 0 Å². The molecule has 1 aromatic carbocycles. The van der Waals surface area contributed by atoms with Crippen LogP contribution in [-0.2, 0) is 4.79 Å². The summed E-state index contributed by atoms with van der Waals surface area (Å²) in [5.41, 5.74) is 1.82. The van der Waals surface area contributed by atoms with Gasteiger partial charge in [0.25, 0.3) is 0 Å². The average Bonchev–Trinajstić information content (AvgIpc) is 3.05. The summed E-state index contributed by atoms with van der Waals surface area (Å²) in [6.45, 7) is 1.54. The van der Waals surface area contributed by atoms with E-state index >= 15 is 0 Å². The zero-order valence-corrected chi connectivity index (χ0v) is 10.5. The zero-order chi connectivity index (χ0) is 12.8. The minimum absolute atomic E-state index is 0.0449. The molecule has 1 spiro atoms. The van der Waals surface area contributed by atoms with Gasteiger partial charge in [-0.3, -0.25) is 9.59 Å². The van der Waals surface area contributed by atoms with Gasteiger partial charge >= 0.3 is 0 Å². The van der Waals surface area contributed by atoms with E-state index in [0.29, 0.717) is 11.0 Å². The molecule has 2 aliphatic rings. The lowest BCUT2D eigenvalue weighted by molar-refractivity contribution is -0.118. The van der Waals surface area contributed by atoms with Crippen molar-refractivity contribution >= 4 is 17.4 Å². The number of hydrogen-bond acceptors (Lipinski definition) is 2. The number of ketones is 1. The lowest BCUT2D eigenvalue weighted by Gasteiger charge is -2.26. The molecule has 1 atom stereocenters. The zero-order valence-electron chi connectivity index (χ0n) is 10.5. The first-order valence-electron chi connectivity index (χ1n) is 6.53. The van der Waals surface area contributed by atoms with E-state index < -0.39 is 0 Å². The molecule has 1 unspecified atom stereocenters. The molecule has 94 valence electrons. The first-order chi connectivity index (χ1) is 8.61. The maximum Gasteiger partial charge on any atom is 0.228 e. The maximum atomic E-state index is 12.0. The number of Topliss-reactive ketones (excluding diaryl/α,β-unsaturated/α-hetero) is 1. The number of anilines is 1. The van der Waals surface area contributed by atoms with Crippen molar-refractivity contribution in [3.63, 3.8) is 0 Å². The first-order valence-corrected chi connectivity index (χ1v) is 6.53. The molecule has 1 aromatic rings. The normalized spacial score (nSPS) is 23.3. The molecular weight excluding hydrogens is 226 g/mol. The average molecular weight is 243 g/mol. The summed E-state index contributed by atoms with van der Waals surface area (Å²) in [5, 5.41) is 2.94. The van der Waals surface area contributed by atoms with E-state index in [0.717, 1.165) is 12.1 Å². The minimum Gasteiger partial charge on any atom is -0.326 e. The molecule has 2 fully saturated rings. The van der Waals surface area contributed by atoms with Crippen molar-refractivity contribution in [3.05, 3.63) is 29.8 Å². The van der Waals surface area contributed by atoms with Gasteiger partial charge in [0.15, 0.2) is 5.78 Å². The van der Waals surface area contributed by atoms with Gasteiger partial charge in [0.2, 0.25) is 5.91 Å². The Kier molecular flexibility index (Phi) is 2.51. The van der Waals surface area contributed by atoms with E-state index in [4.69, 9.17) is 0 Å². The molecule has 0 aromatic heterocycles. The Balaban J connectivity index is 1.62. The number of amides is 1. The van der Waals surface area contributed by atoms with Gasteiger partial charge in [0.05, 0.1) is 0 Å². The third-order valence-corrected chi connectivity index (χ3v) is 4.41. The fourth-order valence-corrected chi connectivity index (χ4v) is 2.92. The number of hydrogen-bond donors (Lipinski definition) is 1. The van der Waals surface area contributed by atoms with E-state index in [1.807, 2.05) is 0 Å². The predicted molar refractivity (Wildman–Crippen MR) is 69.5 cm³/mol. The molecule has 0 bridgehead atoms. The van der Waals surface area contributed by atoms with Crippen molar-refractivity contribution < 1.29 is 9.59 Å². The van der Waals surface area contributed by atoms with E-state index in [1.165, 1.54) is 26.2 Å². The van der Waals surface area contributed by atoms with E-state index in [1.54, 1.807) is 24.3 Å². The molecule has 2 aliphatic carbocycles. The molecule has 2 saturated carbocycles. The van der Waals surface area contributed by atoms with Gasteiger partial charge in [-0.15, -0.1) is 0 Å². The Labute approximate surface area is 107 Å². The number of nitrogens with one attached hydrogen (secondary N) is 1. The molecule has 3 rings (SSSR count). The molecule has 0 saturated heterocycles. The minimum atomic E-state index is 0.0449. The molecular formula is C15H17NO2. The van der Waals surface area contributed by atoms with Crippen molar-refractivity contribution in [2.24, 2.45) is 11.3 Å². The van der Waals surface area contributed by atoms with Crippen molar-refractivity contribution in [2.75, 3.05) is 5.32 Å². The Morgan fingerprint density at radius 1 is 1.22 bits per heavy atom. The third-order valence-electron chi connectivity index (χ3n) is 4.41. The topological polar surface area (TPSA) is 46.2 Å². The number of rotatable bonds is 3. The summed E-state index contributed by atoms with van der Waals surface area (Å²) in [5.74, 6) is 0.410. The summed E-state index contributed by atoms with van der Waals surface area (Å²) in [7, 11) is 0. The fraction of sp³-hybridized carbons (Fsp3) is 0.467. The fourth-order valence-electron chi connectivity index (χ4n) is 2.92. The van der Waals surface area contributed by atoms with Crippen molar-refractivity contribution in [1.29, 1.82) is 0 Å².